The summed E-state index contributed by atoms with van der Waals surface area (Å²) in [5.41, 5.74) is 3.84. The minimum Gasteiger partial charge on any atom is -0.333 e. The van der Waals surface area contributed by atoms with E-state index < -0.39 is 10.0 Å². The van der Waals surface area contributed by atoms with Gasteiger partial charge in [-0.1, -0.05) is 41.9 Å². The number of nitrogens with zero attached hydrogens (tertiary/aromatic N) is 3. The lowest BCUT2D eigenvalue weighted by molar-refractivity contribution is 0.0729. The van der Waals surface area contributed by atoms with Crippen LogP contribution in [0.25, 0.3) is 0 Å². The molecule has 0 radical (unpaired) electrons. The predicted molar refractivity (Wildman–Crippen MR) is 134 cm³/mol. The highest BCUT2D eigenvalue weighted by molar-refractivity contribution is 7.89. The largest absolute Gasteiger partial charge is 0.333 e. The van der Waals surface area contributed by atoms with E-state index >= 15 is 0 Å². The van der Waals surface area contributed by atoms with E-state index in [1.807, 2.05) is 29.3 Å². The second kappa shape index (κ2) is 9.41. The number of benzene rings is 2. The van der Waals surface area contributed by atoms with E-state index in [9.17, 15) is 13.2 Å². The number of aromatic nitrogens is 1. The quantitative estimate of drug-likeness (QED) is 0.497. The molecule has 1 saturated heterocycles. The fraction of sp³-hybridized carbons (Fsp3) is 0.360. The highest BCUT2D eigenvalue weighted by atomic mass is 35.5. The third-order valence-electron chi connectivity index (χ3n) is 6.74. The Morgan fingerprint density at radius 2 is 1.82 bits per heavy atom. The van der Waals surface area contributed by atoms with Crippen LogP contribution in [0.1, 0.15) is 50.9 Å². The summed E-state index contributed by atoms with van der Waals surface area (Å²) in [4.78, 5) is 19.8. The molecular weight excluding hydrogens is 490 g/mol. The van der Waals surface area contributed by atoms with E-state index in [0.717, 1.165) is 17.0 Å². The Labute approximate surface area is 209 Å². The molecule has 0 atom stereocenters. The third kappa shape index (κ3) is 4.52. The van der Waals surface area contributed by atoms with Crippen LogP contribution in [-0.2, 0) is 23.0 Å². The average Bonchev–Trinajstić information content (AvgIpc) is 3.35. The van der Waals surface area contributed by atoms with Crippen molar-refractivity contribution in [2.45, 2.75) is 43.5 Å². The number of carbonyl (C=O) groups is 1. The predicted octanol–water partition coefficient (Wildman–Crippen LogP) is 4.87. The Balaban J connectivity index is 1.23. The standard InChI is InChI=1S/C25H26ClN3O3S2/c1-17-6-7-21(14-22(17)26)34(31,32)29-12-9-19(10-13-29)24-27-23(16-33-24)25(30)28-11-8-18-4-2-3-5-20(18)15-28/h2-7,14,16,19H,8-13,15H2,1H3. The molecule has 0 saturated carbocycles. The molecule has 0 spiro atoms. The lowest BCUT2D eigenvalue weighted by atomic mass is 9.99. The van der Waals surface area contributed by atoms with Crippen LogP contribution in [0.3, 0.4) is 0 Å². The number of fused-ring (bicyclic) bond motifs is 1. The molecular formula is C25H26ClN3O3S2. The van der Waals surface area contributed by atoms with Gasteiger partial charge < -0.3 is 4.90 Å². The van der Waals surface area contributed by atoms with E-state index in [4.69, 9.17) is 11.6 Å². The van der Waals surface area contributed by atoms with E-state index in [1.165, 1.54) is 32.8 Å². The molecule has 34 heavy (non-hydrogen) atoms. The molecule has 3 heterocycles. The Morgan fingerprint density at radius 3 is 2.56 bits per heavy atom. The maximum atomic E-state index is 13.1. The fourth-order valence-electron chi connectivity index (χ4n) is 4.63. The van der Waals surface area contributed by atoms with Gasteiger partial charge in [0, 0.05) is 42.5 Å². The van der Waals surface area contributed by atoms with E-state index in [-0.39, 0.29) is 16.7 Å². The van der Waals surface area contributed by atoms with Gasteiger partial charge in [0.1, 0.15) is 5.69 Å². The summed E-state index contributed by atoms with van der Waals surface area (Å²) >= 11 is 7.65. The van der Waals surface area contributed by atoms with Crippen LogP contribution in [0, 0.1) is 6.92 Å². The van der Waals surface area contributed by atoms with Crippen molar-refractivity contribution in [3.8, 4) is 0 Å². The number of halogens is 1. The Hall–Kier alpha value is -2.26. The SMILES string of the molecule is Cc1ccc(S(=O)(=O)N2CCC(c3nc(C(=O)N4CCc5ccccc5C4)cs3)CC2)cc1Cl. The monoisotopic (exact) mass is 515 g/mol. The van der Waals surface area contributed by atoms with Crippen molar-refractivity contribution in [1.82, 2.24) is 14.2 Å². The van der Waals surface area contributed by atoms with Gasteiger partial charge >= 0.3 is 0 Å². The van der Waals surface area contributed by atoms with Crippen LogP contribution in [0.4, 0.5) is 0 Å². The van der Waals surface area contributed by atoms with Gasteiger partial charge in [-0.25, -0.2) is 13.4 Å². The van der Waals surface area contributed by atoms with Crippen molar-refractivity contribution in [3.63, 3.8) is 0 Å². The van der Waals surface area contributed by atoms with Crippen molar-refractivity contribution in [3.05, 3.63) is 80.3 Å². The third-order valence-corrected chi connectivity index (χ3v) is 10.1. The minimum atomic E-state index is -3.58. The normalized spacial score (nSPS) is 17.5. The van der Waals surface area contributed by atoms with E-state index in [1.54, 1.807) is 12.1 Å². The second-order valence-electron chi connectivity index (χ2n) is 8.91. The summed E-state index contributed by atoms with van der Waals surface area (Å²) in [6, 6.07) is 13.1. The highest BCUT2D eigenvalue weighted by Crippen LogP contribution is 2.33. The number of carbonyl (C=O) groups excluding carboxylic acids is 1. The summed E-state index contributed by atoms with van der Waals surface area (Å²) < 4.78 is 27.6. The zero-order valence-corrected chi connectivity index (χ0v) is 21.3. The smallest absolute Gasteiger partial charge is 0.273 e. The van der Waals surface area contributed by atoms with Crippen LogP contribution < -0.4 is 0 Å². The van der Waals surface area contributed by atoms with Crippen LogP contribution >= 0.6 is 22.9 Å². The van der Waals surface area contributed by atoms with Gasteiger partial charge in [0.05, 0.1) is 9.90 Å². The van der Waals surface area contributed by atoms with E-state index in [2.05, 4.69) is 17.1 Å². The van der Waals surface area contributed by atoms with Crippen molar-refractivity contribution >= 4 is 38.9 Å². The maximum absolute atomic E-state index is 13.1. The average molecular weight is 516 g/mol. The number of sulfonamides is 1. The van der Waals surface area contributed by atoms with Gasteiger partial charge in [-0.3, -0.25) is 4.79 Å². The molecule has 9 heteroatoms. The molecule has 178 valence electrons. The van der Waals surface area contributed by atoms with Crippen LogP contribution in [0.15, 0.2) is 52.7 Å². The number of rotatable bonds is 4. The van der Waals surface area contributed by atoms with Crippen LogP contribution in [0.2, 0.25) is 5.02 Å². The van der Waals surface area contributed by atoms with Gasteiger partial charge in [0.25, 0.3) is 5.91 Å². The first kappa shape index (κ1) is 23.5. The van der Waals surface area contributed by atoms with Crippen molar-refractivity contribution in [2.75, 3.05) is 19.6 Å². The molecule has 6 nitrogen and oxygen atoms in total. The second-order valence-corrected chi connectivity index (χ2v) is 12.1. The molecule has 2 aromatic carbocycles. The van der Waals surface area contributed by atoms with Gasteiger partial charge in [0.15, 0.2) is 0 Å². The van der Waals surface area contributed by atoms with Crippen LogP contribution in [0.5, 0.6) is 0 Å². The Bertz CT molecular complexity index is 1330. The Kier molecular flexibility index (Phi) is 6.50. The first-order valence-electron chi connectivity index (χ1n) is 11.4. The minimum absolute atomic E-state index is 0.0340. The molecule has 3 aromatic rings. The van der Waals surface area contributed by atoms with Gasteiger partial charge in [-0.15, -0.1) is 11.3 Å². The van der Waals surface area contributed by atoms with Crippen molar-refractivity contribution in [1.29, 1.82) is 0 Å². The number of aryl methyl sites for hydroxylation is 1. The van der Waals surface area contributed by atoms with Crippen LogP contribution in [-0.4, -0.2) is 48.1 Å². The van der Waals surface area contributed by atoms with Gasteiger partial charge in [0.2, 0.25) is 10.0 Å². The van der Waals surface area contributed by atoms with Crippen molar-refractivity contribution in [2.24, 2.45) is 0 Å². The van der Waals surface area contributed by atoms with Crippen molar-refractivity contribution < 1.29 is 13.2 Å². The summed E-state index contributed by atoms with van der Waals surface area (Å²) in [5.74, 6) is 0.120. The molecule has 2 aliphatic rings. The van der Waals surface area contributed by atoms with E-state index in [0.29, 0.717) is 49.7 Å². The molecule has 2 aliphatic heterocycles. The fourth-order valence-corrected chi connectivity index (χ4v) is 7.34. The summed E-state index contributed by atoms with van der Waals surface area (Å²) in [5, 5.41) is 3.21. The lowest BCUT2D eigenvalue weighted by Crippen LogP contribution is -2.38. The highest BCUT2D eigenvalue weighted by Gasteiger charge is 2.32. The molecule has 1 amide bonds. The number of hydrogen-bond acceptors (Lipinski definition) is 5. The first-order chi connectivity index (χ1) is 16.3. The number of thiazole rings is 1. The summed E-state index contributed by atoms with van der Waals surface area (Å²) in [7, 11) is -3.58. The summed E-state index contributed by atoms with van der Waals surface area (Å²) in [6.45, 7) is 4.00. The molecule has 0 unspecified atom stereocenters. The molecule has 0 bridgehead atoms. The topological polar surface area (TPSA) is 70.6 Å². The molecule has 1 aromatic heterocycles. The zero-order chi connectivity index (χ0) is 23.9. The van der Waals surface area contributed by atoms with Gasteiger partial charge in [-0.05, 0) is 55.0 Å². The number of amides is 1. The van der Waals surface area contributed by atoms with Gasteiger partial charge in [-0.2, -0.15) is 4.31 Å². The maximum Gasteiger partial charge on any atom is 0.273 e. The lowest BCUT2D eigenvalue weighted by Gasteiger charge is -2.30. The molecule has 1 fully saturated rings. The number of hydrogen-bond donors (Lipinski definition) is 0. The Morgan fingerprint density at radius 1 is 1.09 bits per heavy atom. The molecule has 0 N–H and O–H groups in total. The molecule has 5 rings (SSSR count). The molecule has 0 aliphatic carbocycles. The number of piperidine rings is 1. The first-order valence-corrected chi connectivity index (χ1v) is 14.1. The zero-order valence-electron chi connectivity index (χ0n) is 18.9. The summed E-state index contributed by atoms with van der Waals surface area (Å²) in [6.07, 6.45) is 2.21.